The number of thioether (sulfide) groups is 1. The Morgan fingerprint density at radius 3 is 2.88 bits per heavy atom. The van der Waals surface area contributed by atoms with Gasteiger partial charge in [0.1, 0.15) is 22.9 Å². The molecule has 0 aromatic carbocycles. The second-order valence-electron chi connectivity index (χ2n) is 5.62. The Labute approximate surface area is 153 Å². The molecule has 0 aliphatic carbocycles. The summed E-state index contributed by atoms with van der Waals surface area (Å²) in [5.74, 6) is 0.251. The molecule has 0 spiro atoms. The van der Waals surface area contributed by atoms with E-state index in [1.807, 2.05) is 0 Å². The Balaban J connectivity index is 1.58. The number of nitrogens with one attached hydrogen (secondary N) is 1. The zero-order valence-electron chi connectivity index (χ0n) is 14.1. The molecule has 1 aliphatic heterocycles. The molecule has 2 aromatic heterocycles. The minimum atomic E-state index is -0.783. The van der Waals surface area contributed by atoms with Gasteiger partial charge in [-0.3, -0.25) is 9.59 Å². The smallest absolute Gasteiger partial charge is 0.330 e. The maximum Gasteiger partial charge on any atom is 0.330 e. The van der Waals surface area contributed by atoms with Crippen LogP contribution >= 0.6 is 11.8 Å². The van der Waals surface area contributed by atoms with Crippen LogP contribution in [0.3, 0.4) is 0 Å². The van der Waals surface area contributed by atoms with Crippen molar-refractivity contribution in [3.8, 4) is 0 Å². The van der Waals surface area contributed by atoms with Gasteiger partial charge >= 0.3 is 5.97 Å². The standard InChI is InChI=1S/C16H17N3O6S/c1-9-6-13(18-25-9)17-14(21)7-24-16(22)11-8-26-15(19(11)10(2)20)12-4-3-5-23-12/h3-6,11,15H,7-8H2,1-2H3,(H,17,18,21)/t11-,15+/m0/s1. The van der Waals surface area contributed by atoms with Crippen LogP contribution < -0.4 is 5.32 Å². The number of anilines is 1. The molecule has 3 rings (SSSR count). The summed E-state index contributed by atoms with van der Waals surface area (Å²) in [6, 6.07) is 4.22. The summed E-state index contributed by atoms with van der Waals surface area (Å²) in [6.07, 6.45) is 1.51. The van der Waals surface area contributed by atoms with Crippen molar-refractivity contribution >= 4 is 35.4 Å². The van der Waals surface area contributed by atoms with Crippen molar-refractivity contribution in [1.82, 2.24) is 10.1 Å². The lowest BCUT2D eigenvalue weighted by Crippen LogP contribution is -2.43. The van der Waals surface area contributed by atoms with E-state index in [9.17, 15) is 14.4 Å². The summed E-state index contributed by atoms with van der Waals surface area (Å²) in [4.78, 5) is 37.6. The van der Waals surface area contributed by atoms with Gasteiger partial charge in [-0.25, -0.2) is 4.79 Å². The Morgan fingerprint density at radius 2 is 2.27 bits per heavy atom. The first-order valence-electron chi connectivity index (χ1n) is 7.79. The zero-order valence-corrected chi connectivity index (χ0v) is 14.9. The fourth-order valence-electron chi connectivity index (χ4n) is 2.56. The van der Waals surface area contributed by atoms with E-state index in [0.29, 0.717) is 17.3 Å². The van der Waals surface area contributed by atoms with Crippen molar-refractivity contribution in [2.45, 2.75) is 25.3 Å². The molecule has 0 saturated carbocycles. The van der Waals surface area contributed by atoms with Gasteiger partial charge in [0.05, 0.1) is 6.26 Å². The van der Waals surface area contributed by atoms with Crippen molar-refractivity contribution in [2.75, 3.05) is 17.7 Å². The van der Waals surface area contributed by atoms with E-state index in [0.717, 1.165) is 0 Å². The van der Waals surface area contributed by atoms with Gasteiger partial charge in [-0.05, 0) is 19.1 Å². The van der Waals surface area contributed by atoms with Crippen LogP contribution in [0.2, 0.25) is 0 Å². The Bertz CT molecular complexity index is 803. The molecule has 138 valence electrons. The van der Waals surface area contributed by atoms with Crippen LogP contribution in [0.1, 0.15) is 23.8 Å². The second-order valence-corrected chi connectivity index (χ2v) is 6.74. The summed E-state index contributed by atoms with van der Waals surface area (Å²) < 4.78 is 15.2. The van der Waals surface area contributed by atoms with Crippen molar-refractivity contribution in [3.05, 3.63) is 36.0 Å². The lowest BCUT2D eigenvalue weighted by Gasteiger charge is -2.25. The molecule has 0 radical (unpaired) electrons. The minimum Gasteiger partial charge on any atom is -0.466 e. The molecule has 1 N–H and O–H groups in total. The van der Waals surface area contributed by atoms with Crippen molar-refractivity contribution < 1.29 is 28.1 Å². The zero-order chi connectivity index (χ0) is 18.7. The van der Waals surface area contributed by atoms with E-state index in [2.05, 4.69) is 10.5 Å². The van der Waals surface area contributed by atoms with Gasteiger partial charge in [0.2, 0.25) is 5.91 Å². The maximum absolute atomic E-state index is 12.4. The van der Waals surface area contributed by atoms with E-state index in [-0.39, 0.29) is 11.7 Å². The molecular weight excluding hydrogens is 362 g/mol. The summed E-state index contributed by atoms with van der Waals surface area (Å²) >= 11 is 1.40. The highest BCUT2D eigenvalue weighted by atomic mass is 32.2. The number of nitrogens with zero attached hydrogens (tertiary/aromatic N) is 2. The summed E-state index contributed by atoms with van der Waals surface area (Å²) in [6.45, 7) is 2.58. The van der Waals surface area contributed by atoms with Crippen LogP contribution in [0.15, 0.2) is 33.4 Å². The highest BCUT2D eigenvalue weighted by Gasteiger charge is 2.43. The average molecular weight is 379 g/mol. The largest absolute Gasteiger partial charge is 0.466 e. The predicted octanol–water partition coefficient (Wildman–Crippen LogP) is 1.72. The number of esters is 1. The first kappa shape index (κ1) is 18.1. The molecule has 0 unspecified atom stereocenters. The second kappa shape index (κ2) is 7.65. The number of aryl methyl sites for hydroxylation is 1. The minimum absolute atomic E-state index is 0.239. The number of hydrogen-bond donors (Lipinski definition) is 1. The third kappa shape index (κ3) is 3.90. The quantitative estimate of drug-likeness (QED) is 0.781. The third-order valence-electron chi connectivity index (χ3n) is 3.66. The number of amides is 2. The van der Waals surface area contributed by atoms with E-state index >= 15 is 0 Å². The topological polar surface area (TPSA) is 115 Å². The number of carbonyl (C=O) groups is 3. The summed E-state index contributed by atoms with van der Waals surface area (Å²) in [7, 11) is 0. The van der Waals surface area contributed by atoms with Crippen LogP contribution in [-0.4, -0.2) is 46.2 Å². The maximum atomic E-state index is 12.4. The van der Waals surface area contributed by atoms with E-state index in [1.54, 1.807) is 25.1 Å². The van der Waals surface area contributed by atoms with Crippen molar-refractivity contribution in [3.63, 3.8) is 0 Å². The van der Waals surface area contributed by atoms with Crippen LogP contribution in [0.4, 0.5) is 5.82 Å². The Morgan fingerprint density at radius 1 is 1.46 bits per heavy atom. The average Bonchev–Trinajstić information content (AvgIpc) is 3.32. The predicted molar refractivity (Wildman–Crippen MR) is 91.0 cm³/mol. The van der Waals surface area contributed by atoms with Gasteiger partial charge in [-0.1, -0.05) is 5.16 Å². The number of rotatable bonds is 5. The molecule has 2 amide bonds. The number of hydrogen-bond acceptors (Lipinski definition) is 8. The monoisotopic (exact) mass is 379 g/mol. The first-order valence-corrected chi connectivity index (χ1v) is 8.84. The van der Waals surface area contributed by atoms with Crippen molar-refractivity contribution in [2.24, 2.45) is 0 Å². The molecule has 1 saturated heterocycles. The molecular formula is C16H17N3O6S. The lowest BCUT2D eigenvalue weighted by molar-refractivity contribution is -0.155. The highest BCUT2D eigenvalue weighted by Crippen LogP contribution is 2.41. The fraction of sp³-hybridized carbons (Fsp3) is 0.375. The Hall–Kier alpha value is -2.75. The van der Waals surface area contributed by atoms with Gasteiger partial charge in [0.15, 0.2) is 12.4 Å². The number of ether oxygens (including phenoxy) is 1. The van der Waals surface area contributed by atoms with E-state index in [1.165, 1.54) is 29.8 Å². The van der Waals surface area contributed by atoms with Gasteiger partial charge in [-0.15, -0.1) is 11.8 Å². The molecule has 10 heteroatoms. The first-order chi connectivity index (χ1) is 12.5. The Kier molecular flexibility index (Phi) is 5.31. The number of aromatic nitrogens is 1. The van der Waals surface area contributed by atoms with Gasteiger partial charge in [-0.2, -0.15) is 0 Å². The fourth-order valence-corrected chi connectivity index (χ4v) is 3.98. The molecule has 3 heterocycles. The molecule has 1 fully saturated rings. The lowest BCUT2D eigenvalue weighted by atomic mass is 10.2. The van der Waals surface area contributed by atoms with Gasteiger partial charge in [0.25, 0.3) is 5.91 Å². The number of carbonyl (C=O) groups excluding carboxylic acids is 3. The SMILES string of the molecule is CC(=O)N1[C@@H](c2ccco2)SC[C@H]1C(=O)OCC(=O)Nc1cc(C)on1. The molecule has 26 heavy (non-hydrogen) atoms. The van der Waals surface area contributed by atoms with Crippen LogP contribution in [-0.2, 0) is 19.1 Å². The highest BCUT2D eigenvalue weighted by molar-refractivity contribution is 7.99. The molecule has 2 aromatic rings. The van der Waals surface area contributed by atoms with Crippen LogP contribution in [0, 0.1) is 6.92 Å². The summed E-state index contributed by atoms with van der Waals surface area (Å²) in [5, 5.41) is 5.68. The van der Waals surface area contributed by atoms with Crippen LogP contribution in [0.5, 0.6) is 0 Å². The molecule has 0 bridgehead atoms. The van der Waals surface area contributed by atoms with Gasteiger partial charge < -0.3 is 23.9 Å². The van der Waals surface area contributed by atoms with Gasteiger partial charge in [0, 0.05) is 18.7 Å². The number of furan rings is 1. The van der Waals surface area contributed by atoms with Crippen LogP contribution in [0.25, 0.3) is 0 Å². The van der Waals surface area contributed by atoms with Crippen molar-refractivity contribution in [1.29, 1.82) is 0 Å². The summed E-state index contributed by atoms with van der Waals surface area (Å²) in [5.41, 5.74) is 0. The van der Waals surface area contributed by atoms with E-state index in [4.69, 9.17) is 13.7 Å². The van der Waals surface area contributed by atoms with E-state index < -0.39 is 29.9 Å². The molecule has 9 nitrogen and oxygen atoms in total. The molecule has 1 aliphatic rings. The normalized spacial score (nSPS) is 19.4. The third-order valence-corrected chi connectivity index (χ3v) is 4.95. The molecule has 2 atom stereocenters.